The lowest BCUT2D eigenvalue weighted by Crippen LogP contribution is -2.41. The van der Waals surface area contributed by atoms with Crippen LogP contribution in [0, 0.1) is 5.92 Å². The number of ether oxygens (including phenoxy) is 2. The van der Waals surface area contributed by atoms with Gasteiger partial charge in [-0.2, -0.15) is 0 Å². The van der Waals surface area contributed by atoms with Gasteiger partial charge in [0.2, 0.25) is 0 Å². The molecule has 1 N–H and O–H groups in total. The van der Waals surface area contributed by atoms with Crippen LogP contribution in [0.15, 0.2) is 53.3 Å². The van der Waals surface area contributed by atoms with Gasteiger partial charge in [-0.05, 0) is 79.2 Å². The van der Waals surface area contributed by atoms with Crippen molar-refractivity contribution in [1.82, 2.24) is 30.1 Å². The summed E-state index contributed by atoms with van der Waals surface area (Å²) in [6.07, 6.45) is 8.94. The van der Waals surface area contributed by atoms with Crippen molar-refractivity contribution >= 4 is 10.9 Å². The molecule has 2 fully saturated rings. The first-order chi connectivity index (χ1) is 19.6. The molecule has 3 heterocycles. The van der Waals surface area contributed by atoms with Crippen LogP contribution in [0.1, 0.15) is 74.0 Å². The maximum atomic E-state index is 13.7. The number of pyridine rings is 1. The van der Waals surface area contributed by atoms with E-state index in [2.05, 4.69) is 55.7 Å². The molecule has 40 heavy (non-hydrogen) atoms. The average molecular weight is 543 g/mol. The quantitative estimate of drug-likeness (QED) is 0.332. The number of H-pyrrole nitrogens is 1. The molecule has 6 rings (SSSR count). The number of nitrogens with zero attached hydrogens (tertiary/aromatic N) is 5. The Hall–Kier alpha value is -3.72. The smallest absolute Gasteiger partial charge is 0.253 e. The maximum absolute atomic E-state index is 13.7. The lowest BCUT2D eigenvalue weighted by atomic mass is 9.88. The van der Waals surface area contributed by atoms with Gasteiger partial charge in [0.1, 0.15) is 6.04 Å². The molecule has 0 bridgehead atoms. The van der Waals surface area contributed by atoms with Crippen molar-refractivity contribution in [3.63, 3.8) is 0 Å². The molecule has 2 aromatic carbocycles. The molecular weight excluding hydrogens is 504 g/mol. The minimum Gasteiger partial charge on any atom is -0.493 e. The molecule has 4 aromatic rings. The Labute approximate surface area is 234 Å². The zero-order valence-corrected chi connectivity index (χ0v) is 23.4. The van der Waals surface area contributed by atoms with Crippen LogP contribution in [-0.2, 0) is 6.42 Å². The third-order valence-electron chi connectivity index (χ3n) is 8.74. The van der Waals surface area contributed by atoms with E-state index in [0.29, 0.717) is 28.5 Å². The third kappa shape index (κ3) is 5.35. The van der Waals surface area contributed by atoms with Crippen LogP contribution < -0.4 is 15.0 Å². The number of rotatable bonds is 8. The van der Waals surface area contributed by atoms with Crippen molar-refractivity contribution in [3.05, 3.63) is 75.8 Å². The SMILES string of the molecule is COc1cc2cc([C@H](c3nnnn3C3CCCCC3)N3CCC(Cc4ccccc4)CC3)c(=O)[nH]c2cc1OC. The van der Waals surface area contributed by atoms with Gasteiger partial charge in [0.05, 0.1) is 25.8 Å². The van der Waals surface area contributed by atoms with Crippen LogP contribution in [0.2, 0.25) is 0 Å². The first-order valence-corrected chi connectivity index (χ1v) is 14.5. The van der Waals surface area contributed by atoms with Crippen molar-refractivity contribution in [2.75, 3.05) is 27.3 Å². The van der Waals surface area contributed by atoms with E-state index >= 15 is 0 Å². The minimum atomic E-state index is -0.337. The van der Waals surface area contributed by atoms with Gasteiger partial charge in [0.25, 0.3) is 5.56 Å². The van der Waals surface area contributed by atoms with Crippen LogP contribution in [-0.4, -0.2) is 57.4 Å². The van der Waals surface area contributed by atoms with Crippen molar-refractivity contribution < 1.29 is 9.47 Å². The van der Waals surface area contributed by atoms with E-state index in [4.69, 9.17) is 9.47 Å². The first kappa shape index (κ1) is 26.5. The lowest BCUT2D eigenvalue weighted by molar-refractivity contribution is 0.140. The van der Waals surface area contributed by atoms with Gasteiger partial charge >= 0.3 is 0 Å². The Morgan fingerprint density at radius 2 is 1.68 bits per heavy atom. The van der Waals surface area contributed by atoms with Gasteiger partial charge in [-0.1, -0.05) is 49.6 Å². The Balaban J connectivity index is 1.37. The van der Waals surface area contributed by atoms with Gasteiger partial charge in [0.15, 0.2) is 17.3 Å². The Morgan fingerprint density at radius 3 is 2.40 bits per heavy atom. The average Bonchev–Trinajstić information content (AvgIpc) is 3.48. The number of nitrogens with one attached hydrogen (secondary N) is 1. The van der Waals surface area contributed by atoms with Gasteiger partial charge < -0.3 is 14.5 Å². The Morgan fingerprint density at radius 1 is 0.950 bits per heavy atom. The molecule has 210 valence electrons. The molecule has 0 unspecified atom stereocenters. The van der Waals surface area contributed by atoms with Crippen LogP contribution in [0.5, 0.6) is 11.5 Å². The molecule has 0 amide bonds. The van der Waals surface area contributed by atoms with Crippen LogP contribution in [0.4, 0.5) is 0 Å². The van der Waals surface area contributed by atoms with Crippen molar-refractivity contribution in [3.8, 4) is 11.5 Å². The van der Waals surface area contributed by atoms with E-state index in [-0.39, 0.29) is 17.6 Å². The summed E-state index contributed by atoms with van der Waals surface area (Å²) in [5.41, 5.74) is 2.62. The van der Waals surface area contributed by atoms with Crippen molar-refractivity contribution in [2.45, 2.75) is 63.5 Å². The molecule has 2 aliphatic rings. The largest absolute Gasteiger partial charge is 0.493 e. The molecule has 0 radical (unpaired) electrons. The zero-order chi connectivity index (χ0) is 27.5. The number of likely N-dealkylation sites (tertiary alicyclic amines) is 1. The van der Waals surface area contributed by atoms with E-state index < -0.39 is 0 Å². The summed E-state index contributed by atoms with van der Waals surface area (Å²) in [6.45, 7) is 1.76. The molecule has 0 spiro atoms. The molecule has 9 heteroatoms. The normalized spacial score (nSPS) is 18.1. The van der Waals surface area contributed by atoms with E-state index in [0.717, 1.165) is 56.4 Å². The summed E-state index contributed by atoms with van der Waals surface area (Å²) < 4.78 is 13.0. The summed E-state index contributed by atoms with van der Waals surface area (Å²) in [7, 11) is 3.22. The number of fused-ring (bicyclic) bond motifs is 1. The number of hydrogen-bond acceptors (Lipinski definition) is 7. The number of aromatic nitrogens is 5. The first-order valence-electron chi connectivity index (χ1n) is 14.5. The van der Waals surface area contributed by atoms with Gasteiger partial charge in [-0.15, -0.1) is 5.10 Å². The van der Waals surface area contributed by atoms with Crippen LogP contribution in [0.3, 0.4) is 0 Å². The fraction of sp³-hybridized carbons (Fsp3) is 0.484. The minimum absolute atomic E-state index is 0.130. The Bertz CT molecular complexity index is 1490. The topological polar surface area (TPSA) is 98.2 Å². The molecule has 1 saturated heterocycles. The predicted octanol–water partition coefficient (Wildman–Crippen LogP) is 5.08. The second-order valence-corrected chi connectivity index (χ2v) is 11.2. The summed E-state index contributed by atoms with van der Waals surface area (Å²) in [5, 5.41) is 14.1. The number of methoxy groups -OCH3 is 2. The van der Waals surface area contributed by atoms with Crippen LogP contribution in [0.25, 0.3) is 10.9 Å². The highest BCUT2D eigenvalue weighted by Crippen LogP contribution is 2.37. The van der Waals surface area contributed by atoms with Gasteiger partial charge in [-0.3, -0.25) is 9.69 Å². The summed E-state index contributed by atoms with van der Waals surface area (Å²) in [5.74, 6) is 2.58. The fourth-order valence-electron chi connectivity index (χ4n) is 6.58. The molecule has 1 aliphatic carbocycles. The highest BCUT2D eigenvalue weighted by Gasteiger charge is 2.35. The van der Waals surface area contributed by atoms with Gasteiger partial charge in [0, 0.05) is 17.0 Å². The van der Waals surface area contributed by atoms with Crippen LogP contribution >= 0.6 is 0 Å². The second kappa shape index (κ2) is 11.8. The third-order valence-corrected chi connectivity index (χ3v) is 8.74. The predicted molar refractivity (Wildman–Crippen MR) is 154 cm³/mol. The number of benzene rings is 2. The lowest BCUT2D eigenvalue weighted by Gasteiger charge is -2.37. The molecule has 9 nitrogen and oxygen atoms in total. The fourth-order valence-corrected chi connectivity index (χ4v) is 6.58. The number of tetrazole rings is 1. The number of aromatic amines is 1. The van der Waals surface area contributed by atoms with E-state index in [1.165, 1.54) is 24.8 Å². The van der Waals surface area contributed by atoms with Crippen molar-refractivity contribution in [2.24, 2.45) is 5.92 Å². The van der Waals surface area contributed by atoms with E-state index in [1.807, 2.05) is 22.9 Å². The molecule has 1 saturated carbocycles. The molecular formula is C31H38N6O3. The van der Waals surface area contributed by atoms with E-state index in [9.17, 15) is 4.79 Å². The highest BCUT2D eigenvalue weighted by molar-refractivity contribution is 5.83. The standard InChI is InChI=1S/C31H38N6O3/c1-39-27-19-23-18-25(31(38)32-26(23)20-28(27)40-2)29(30-33-34-35-37(30)24-11-7-4-8-12-24)36-15-13-22(14-16-36)17-21-9-5-3-6-10-21/h3,5-6,9-10,18-20,22,24,29H,4,7-8,11-17H2,1-2H3,(H,32,38)/t29-/m1/s1. The number of hydrogen-bond donors (Lipinski definition) is 1. The van der Waals surface area contributed by atoms with E-state index in [1.54, 1.807) is 14.2 Å². The molecule has 1 atom stereocenters. The second-order valence-electron chi connectivity index (χ2n) is 11.2. The molecule has 2 aromatic heterocycles. The maximum Gasteiger partial charge on any atom is 0.253 e. The zero-order valence-electron chi connectivity index (χ0n) is 23.4. The molecule has 1 aliphatic heterocycles. The highest BCUT2D eigenvalue weighted by atomic mass is 16.5. The summed E-state index contributed by atoms with van der Waals surface area (Å²) in [6, 6.07) is 16.4. The summed E-state index contributed by atoms with van der Waals surface area (Å²) >= 11 is 0. The number of piperidine rings is 1. The summed E-state index contributed by atoms with van der Waals surface area (Å²) in [4.78, 5) is 19.2. The van der Waals surface area contributed by atoms with Gasteiger partial charge in [-0.25, -0.2) is 4.68 Å². The Kier molecular flexibility index (Phi) is 7.82. The monoisotopic (exact) mass is 542 g/mol. The van der Waals surface area contributed by atoms with Crippen molar-refractivity contribution in [1.29, 1.82) is 0 Å².